The van der Waals surface area contributed by atoms with Crippen LogP contribution in [-0.4, -0.2) is 19.7 Å². The Bertz CT molecular complexity index is 408. The maximum absolute atomic E-state index is 11.7. The largest absolute Gasteiger partial charge is 0.396 e. The molecule has 0 bridgehead atoms. The Labute approximate surface area is 108 Å². The standard InChI is InChI=1S/C13H19O4P/c1-16-18(15,17-2)13(14)11-7-6-10-12-8-4-3-5-9-12/h3-5,8-9H,6-7,10-11H2,1-2H3. The average molecular weight is 270 g/mol. The first kappa shape index (κ1) is 15.1. The third-order valence-corrected chi connectivity index (χ3v) is 4.53. The first-order valence-electron chi connectivity index (χ1n) is 5.91. The van der Waals surface area contributed by atoms with Crippen LogP contribution in [0.4, 0.5) is 0 Å². The second-order valence-corrected chi connectivity index (χ2v) is 6.17. The van der Waals surface area contributed by atoms with Gasteiger partial charge in [0.05, 0.1) is 0 Å². The van der Waals surface area contributed by atoms with Crippen molar-refractivity contribution in [1.29, 1.82) is 0 Å². The summed E-state index contributed by atoms with van der Waals surface area (Å²) in [6, 6.07) is 10.1. The molecule has 0 N–H and O–H groups in total. The lowest BCUT2D eigenvalue weighted by Crippen LogP contribution is -2.03. The summed E-state index contributed by atoms with van der Waals surface area (Å²) in [6.07, 6.45) is 2.71. The predicted octanol–water partition coefficient (Wildman–Crippen LogP) is 3.41. The van der Waals surface area contributed by atoms with E-state index < -0.39 is 13.1 Å². The summed E-state index contributed by atoms with van der Waals surface area (Å²) in [5, 5.41) is 0. The van der Waals surface area contributed by atoms with Gasteiger partial charge in [0, 0.05) is 20.6 Å². The molecule has 1 aromatic carbocycles. The molecule has 1 rings (SSSR count). The summed E-state index contributed by atoms with van der Waals surface area (Å²) in [7, 11) is -1.07. The molecule has 0 amide bonds. The molecule has 0 fully saturated rings. The minimum Gasteiger partial charge on any atom is -0.307 e. The third kappa shape index (κ3) is 4.37. The van der Waals surface area contributed by atoms with Crippen LogP contribution < -0.4 is 0 Å². The lowest BCUT2D eigenvalue weighted by Gasteiger charge is -2.11. The van der Waals surface area contributed by atoms with Crippen molar-refractivity contribution >= 4 is 13.1 Å². The Morgan fingerprint density at radius 1 is 1.11 bits per heavy atom. The number of carbonyl (C=O) groups excluding carboxylic acids is 1. The Hall–Kier alpha value is -0.960. The quantitative estimate of drug-likeness (QED) is 0.536. The fourth-order valence-electron chi connectivity index (χ4n) is 1.67. The van der Waals surface area contributed by atoms with Gasteiger partial charge in [0.2, 0.25) is 5.52 Å². The Balaban J connectivity index is 2.30. The van der Waals surface area contributed by atoms with Crippen molar-refractivity contribution < 1.29 is 18.4 Å². The van der Waals surface area contributed by atoms with Gasteiger partial charge in [-0.15, -0.1) is 0 Å². The average Bonchev–Trinajstić information content (AvgIpc) is 2.43. The van der Waals surface area contributed by atoms with Crippen LogP contribution in [-0.2, 0) is 24.8 Å². The van der Waals surface area contributed by atoms with Crippen molar-refractivity contribution in [3.8, 4) is 0 Å². The molecule has 0 unspecified atom stereocenters. The number of hydrogen-bond donors (Lipinski definition) is 0. The van der Waals surface area contributed by atoms with Crippen LogP contribution in [0.2, 0.25) is 0 Å². The van der Waals surface area contributed by atoms with Gasteiger partial charge in [-0.25, -0.2) is 0 Å². The first-order chi connectivity index (χ1) is 8.62. The van der Waals surface area contributed by atoms with E-state index in [2.05, 4.69) is 21.2 Å². The normalized spacial score (nSPS) is 11.4. The molecule has 4 nitrogen and oxygen atoms in total. The van der Waals surface area contributed by atoms with E-state index in [-0.39, 0.29) is 6.42 Å². The van der Waals surface area contributed by atoms with E-state index in [4.69, 9.17) is 0 Å². The molecule has 0 saturated heterocycles. The zero-order valence-electron chi connectivity index (χ0n) is 10.8. The lowest BCUT2D eigenvalue weighted by molar-refractivity contribution is -0.113. The van der Waals surface area contributed by atoms with E-state index in [1.807, 2.05) is 18.2 Å². The van der Waals surface area contributed by atoms with Crippen LogP contribution in [0.5, 0.6) is 0 Å². The van der Waals surface area contributed by atoms with Gasteiger partial charge in [-0.05, 0) is 24.8 Å². The van der Waals surface area contributed by atoms with Crippen LogP contribution in [0.25, 0.3) is 0 Å². The van der Waals surface area contributed by atoms with Gasteiger partial charge in [-0.1, -0.05) is 30.3 Å². The third-order valence-electron chi connectivity index (χ3n) is 2.74. The maximum Gasteiger partial charge on any atom is 0.396 e. The number of rotatable bonds is 8. The fourth-order valence-corrected chi connectivity index (χ4v) is 2.65. The van der Waals surface area contributed by atoms with Crippen molar-refractivity contribution in [1.82, 2.24) is 0 Å². The second-order valence-electron chi connectivity index (χ2n) is 3.95. The molecule has 100 valence electrons. The monoisotopic (exact) mass is 270 g/mol. The van der Waals surface area contributed by atoms with Crippen molar-refractivity contribution in [2.75, 3.05) is 14.2 Å². The minimum atomic E-state index is -3.52. The predicted molar refractivity (Wildman–Crippen MR) is 70.6 cm³/mol. The van der Waals surface area contributed by atoms with Crippen molar-refractivity contribution in [3.05, 3.63) is 35.9 Å². The Morgan fingerprint density at radius 3 is 2.28 bits per heavy atom. The summed E-state index contributed by atoms with van der Waals surface area (Å²) in [5.41, 5.74) is 0.798. The lowest BCUT2D eigenvalue weighted by atomic mass is 10.1. The molecule has 0 aliphatic carbocycles. The van der Waals surface area contributed by atoms with Crippen LogP contribution >= 0.6 is 7.60 Å². The second kappa shape index (κ2) is 7.47. The number of carbonyl (C=O) groups is 1. The highest BCUT2D eigenvalue weighted by Gasteiger charge is 2.30. The number of unbranched alkanes of at least 4 members (excludes halogenated alkanes) is 1. The van der Waals surface area contributed by atoms with Gasteiger partial charge in [0.15, 0.2) is 0 Å². The molecular formula is C13H19O4P. The molecule has 1 aromatic rings. The number of hydrogen-bond acceptors (Lipinski definition) is 4. The molecule has 0 atom stereocenters. The molecule has 0 aliphatic heterocycles. The van der Waals surface area contributed by atoms with Crippen LogP contribution in [0.1, 0.15) is 24.8 Å². The molecule has 0 radical (unpaired) electrons. The van der Waals surface area contributed by atoms with E-state index >= 15 is 0 Å². The molecule has 5 heteroatoms. The highest BCUT2D eigenvalue weighted by molar-refractivity contribution is 7.71. The van der Waals surface area contributed by atoms with E-state index in [0.717, 1.165) is 12.8 Å². The maximum atomic E-state index is 11.7. The van der Waals surface area contributed by atoms with Crippen molar-refractivity contribution in [3.63, 3.8) is 0 Å². The molecule has 0 aliphatic rings. The minimum absolute atomic E-state index is 0.228. The summed E-state index contributed by atoms with van der Waals surface area (Å²) >= 11 is 0. The molecular weight excluding hydrogens is 251 g/mol. The first-order valence-corrected chi connectivity index (χ1v) is 7.45. The molecule has 0 aromatic heterocycles. The van der Waals surface area contributed by atoms with Gasteiger partial charge in [-0.2, -0.15) is 0 Å². The van der Waals surface area contributed by atoms with Crippen molar-refractivity contribution in [2.24, 2.45) is 0 Å². The van der Waals surface area contributed by atoms with Crippen LogP contribution in [0, 0.1) is 0 Å². The highest BCUT2D eigenvalue weighted by atomic mass is 31.2. The van der Waals surface area contributed by atoms with Gasteiger partial charge in [0.25, 0.3) is 0 Å². The summed E-state index contributed by atoms with van der Waals surface area (Å²) < 4.78 is 21.0. The number of benzene rings is 1. The topological polar surface area (TPSA) is 52.6 Å². The van der Waals surface area contributed by atoms with Crippen LogP contribution in [0.15, 0.2) is 30.3 Å². The summed E-state index contributed by atoms with van der Waals surface area (Å²) in [4.78, 5) is 11.6. The van der Waals surface area contributed by atoms with Gasteiger partial charge < -0.3 is 9.05 Å². The molecule has 0 spiro atoms. The zero-order valence-corrected chi connectivity index (χ0v) is 11.7. The number of aryl methyl sites for hydroxylation is 1. The smallest absolute Gasteiger partial charge is 0.307 e. The molecule has 0 heterocycles. The van der Waals surface area contributed by atoms with E-state index in [0.29, 0.717) is 6.42 Å². The summed E-state index contributed by atoms with van der Waals surface area (Å²) in [6.45, 7) is 0. The van der Waals surface area contributed by atoms with Crippen LogP contribution in [0.3, 0.4) is 0 Å². The molecule has 0 saturated carbocycles. The van der Waals surface area contributed by atoms with E-state index in [1.165, 1.54) is 19.8 Å². The van der Waals surface area contributed by atoms with Crippen molar-refractivity contribution in [2.45, 2.75) is 25.7 Å². The van der Waals surface area contributed by atoms with E-state index in [9.17, 15) is 9.36 Å². The Morgan fingerprint density at radius 2 is 1.72 bits per heavy atom. The SMILES string of the molecule is COP(=O)(OC)C(=O)CCCCc1ccccc1. The zero-order chi connectivity index (χ0) is 13.4. The van der Waals surface area contributed by atoms with Gasteiger partial charge in [-0.3, -0.25) is 9.36 Å². The molecule has 18 heavy (non-hydrogen) atoms. The van der Waals surface area contributed by atoms with E-state index in [1.54, 1.807) is 0 Å². The highest BCUT2D eigenvalue weighted by Crippen LogP contribution is 2.48. The van der Waals surface area contributed by atoms with Gasteiger partial charge in [0.1, 0.15) is 0 Å². The van der Waals surface area contributed by atoms with Gasteiger partial charge >= 0.3 is 7.60 Å². The fraction of sp³-hybridized carbons (Fsp3) is 0.462. The summed E-state index contributed by atoms with van der Waals surface area (Å²) in [5.74, 6) is 0. The Kier molecular flexibility index (Phi) is 6.27.